The molecule has 0 aliphatic heterocycles. The van der Waals surface area contributed by atoms with E-state index < -0.39 is 0 Å². The van der Waals surface area contributed by atoms with E-state index in [4.69, 9.17) is 16.0 Å². The fourth-order valence-electron chi connectivity index (χ4n) is 1.82. The fourth-order valence-corrected chi connectivity index (χ4v) is 2.00. The summed E-state index contributed by atoms with van der Waals surface area (Å²) in [6.07, 6.45) is 0. The van der Waals surface area contributed by atoms with Crippen molar-refractivity contribution in [3.63, 3.8) is 0 Å². The van der Waals surface area contributed by atoms with E-state index >= 15 is 0 Å². The van der Waals surface area contributed by atoms with Gasteiger partial charge in [-0.05, 0) is 19.1 Å². The molecule has 0 aliphatic carbocycles. The number of halogens is 1. The first-order valence-corrected chi connectivity index (χ1v) is 6.17. The maximum Gasteiger partial charge on any atom is 0.255 e. The van der Waals surface area contributed by atoms with Crippen LogP contribution in [0.1, 0.15) is 37.1 Å². The SMILES string of the molecule is Cc1ccc(Cn2c(C(C)C)nc(Cl)cc2=O)o1. The van der Waals surface area contributed by atoms with E-state index in [0.29, 0.717) is 12.4 Å². The third-order valence-electron chi connectivity index (χ3n) is 2.63. The Morgan fingerprint density at radius 1 is 1.44 bits per heavy atom. The Hall–Kier alpha value is -1.55. The highest BCUT2D eigenvalue weighted by Gasteiger charge is 2.13. The molecule has 0 spiro atoms. The van der Waals surface area contributed by atoms with E-state index in [-0.39, 0.29) is 16.6 Å². The standard InChI is InChI=1S/C13H15ClN2O2/c1-8(2)13-15-11(14)6-12(17)16(13)7-10-5-4-9(3)18-10/h4-6,8H,7H2,1-3H3. The number of aromatic nitrogens is 2. The van der Waals surface area contributed by atoms with Crippen LogP contribution < -0.4 is 5.56 Å². The molecule has 0 amide bonds. The topological polar surface area (TPSA) is 48.0 Å². The number of rotatable bonds is 3. The minimum atomic E-state index is -0.159. The number of aryl methyl sites for hydroxylation is 1. The summed E-state index contributed by atoms with van der Waals surface area (Å²) in [4.78, 5) is 16.2. The summed E-state index contributed by atoms with van der Waals surface area (Å²) >= 11 is 5.83. The van der Waals surface area contributed by atoms with Gasteiger partial charge in [-0.25, -0.2) is 4.98 Å². The number of nitrogens with zero attached hydrogens (tertiary/aromatic N) is 2. The molecule has 96 valence electrons. The minimum Gasteiger partial charge on any atom is -0.464 e. The highest BCUT2D eigenvalue weighted by molar-refractivity contribution is 6.29. The van der Waals surface area contributed by atoms with Gasteiger partial charge in [0.2, 0.25) is 0 Å². The summed E-state index contributed by atoms with van der Waals surface area (Å²) in [7, 11) is 0. The van der Waals surface area contributed by atoms with Gasteiger partial charge in [0.25, 0.3) is 5.56 Å². The Labute approximate surface area is 110 Å². The molecule has 0 unspecified atom stereocenters. The lowest BCUT2D eigenvalue weighted by molar-refractivity contribution is 0.457. The second-order valence-corrected chi connectivity index (χ2v) is 4.92. The summed E-state index contributed by atoms with van der Waals surface area (Å²) in [5.74, 6) is 2.35. The Morgan fingerprint density at radius 2 is 2.17 bits per heavy atom. The van der Waals surface area contributed by atoms with Crippen LogP contribution in [-0.4, -0.2) is 9.55 Å². The van der Waals surface area contributed by atoms with Gasteiger partial charge < -0.3 is 4.42 Å². The van der Waals surface area contributed by atoms with Gasteiger partial charge in [-0.2, -0.15) is 0 Å². The van der Waals surface area contributed by atoms with Crippen LogP contribution in [0.15, 0.2) is 27.4 Å². The zero-order valence-corrected chi connectivity index (χ0v) is 11.4. The molecule has 0 saturated carbocycles. The highest BCUT2D eigenvalue weighted by Crippen LogP contribution is 2.15. The Bertz CT molecular complexity index is 614. The molecular formula is C13H15ClN2O2. The van der Waals surface area contributed by atoms with Crippen molar-refractivity contribution in [1.29, 1.82) is 0 Å². The van der Waals surface area contributed by atoms with Crippen LogP contribution in [0, 0.1) is 6.92 Å². The van der Waals surface area contributed by atoms with Crippen molar-refractivity contribution in [3.05, 3.63) is 51.1 Å². The highest BCUT2D eigenvalue weighted by atomic mass is 35.5. The summed E-state index contributed by atoms with van der Waals surface area (Å²) in [5, 5.41) is 0.232. The average Bonchev–Trinajstić information content (AvgIpc) is 2.67. The van der Waals surface area contributed by atoms with Gasteiger partial charge in [-0.3, -0.25) is 9.36 Å². The van der Waals surface area contributed by atoms with E-state index in [1.807, 2.05) is 32.9 Å². The third-order valence-corrected chi connectivity index (χ3v) is 2.83. The quantitative estimate of drug-likeness (QED) is 0.803. The van der Waals surface area contributed by atoms with Crippen LogP contribution in [0.25, 0.3) is 0 Å². The first-order chi connectivity index (χ1) is 8.47. The van der Waals surface area contributed by atoms with E-state index in [1.54, 1.807) is 4.57 Å². The van der Waals surface area contributed by atoms with Crippen LogP contribution in [-0.2, 0) is 6.54 Å². The van der Waals surface area contributed by atoms with Gasteiger partial charge in [0.1, 0.15) is 22.5 Å². The molecule has 0 bridgehead atoms. The molecule has 0 atom stereocenters. The van der Waals surface area contributed by atoms with Gasteiger partial charge in [-0.15, -0.1) is 0 Å². The Kier molecular flexibility index (Phi) is 3.57. The molecule has 2 aromatic rings. The second-order valence-electron chi connectivity index (χ2n) is 4.53. The second kappa shape index (κ2) is 4.98. The summed E-state index contributed by atoms with van der Waals surface area (Å²) < 4.78 is 7.08. The van der Waals surface area contributed by atoms with Gasteiger partial charge in [0.15, 0.2) is 0 Å². The molecule has 4 nitrogen and oxygen atoms in total. The van der Waals surface area contributed by atoms with E-state index in [0.717, 1.165) is 11.5 Å². The van der Waals surface area contributed by atoms with Crippen LogP contribution >= 0.6 is 11.6 Å². The maximum atomic E-state index is 12.0. The van der Waals surface area contributed by atoms with Crippen LogP contribution in [0.5, 0.6) is 0 Å². The van der Waals surface area contributed by atoms with Crippen molar-refractivity contribution in [2.24, 2.45) is 0 Å². The lowest BCUT2D eigenvalue weighted by atomic mass is 10.2. The first kappa shape index (κ1) is 12.9. The molecule has 5 heteroatoms. The lowest BCUT2D eigenvalue weighted by Crippen LogP contribution is -2.25. The van der Waals surface area contributed by atoms with Crippen molar-refractivity contribution < 1.29 is 4.42 Å². The normalized spacial score (nSPS) is 11.2. The van der Waals surface area contributed by atoms with Gasteiger partial charge >= 0.3 is 0 Å². The zero-order valence-electron chi connectivity index (χ0n) is 10.6. The van der Waals surface area contributed by atoms with Crippen molar-refractivity contribution in [3.8, 4) is 0 Å². The van der Waals surface area contributed by atoms with Crippen molar-refractivity contribution >= 4 is 11.6 Å². The van der Waals surface area contributed by atoms with Crippen LogP contribution in [0.3, 0.4) is 0 Å². The molecule has 2 heterocycles. The van der Waals surface area contributed by atoms with Gasteiger partial charge in [0.05, 0.1) is 6.54 Å². The molecule has 0 fully saturated rings. The van der Waals surface area contributed by atoms with E-state index in [1.165, 1.54) is 6.07 Å². The predicted octanol–water partition coefficient (Wildman–Crippen LogP) is 2.97. The van der Waals surface area contributed by atoms with Gasteiger partial charge in [0, 0.05) is 12.0 Å². The predicted molar refractivity (Wildman–Crippen MR) is 70.1 cm³/mol. The smallest absolute Gasteiger partial charge is 0.255 e. The molecule has 0 radical (unpaired) electrons. The molecule has 18 heavy (non-hydrogen) atoms. The van der Waals surface area contributed by atoms with Gasteiger partial charge in [-0.1, -0.05) is 25.4 Å². The van der Waals surface area contributed by atoms with Crippen LogP contribution in [0.4, 0.5) is 0 Å². The third kappa shape index (κ3) is 2.64. The van der Waals surface area contributed by atoms with Crippen molar-refractivity contribution in [1.82, 2.24) is 9.55 Å². The maximum absolute atomic E-state index is 12.0. The number of furan rings is 1. The zero-order chi connectivity index (χ0) is 13.3. The Balaban J connectivity index is 2.46. The molecule has 0 saturated heterocycles. The lowest BCUT2D eigenvalue weighted by Gasteiger charge is -2.13. The van der Waals surface area contributed by atoms with Crippen LogP contribution in [0.2, 0.25) is 5.15 Å². The number of hydrogen-bond donors (Lipinski definition) is 0. The summed E-state index contributed by atoms with van der Waals surface area (Å²) in [6, 6.07) is 5.06. The fraction of sp³-hybridized carbons (Fsp3) is 0.385. The largest absolute Gasteiger partial charge is 0.464 e. The molecule has 0 aromatic carbocycles. The molecular weight excluding hydrogens is 252 g/mol. The van der Waals surface area contributed by atoms with Crippen molar-refractivity contribution in [2.45, 2.75) is 33.2 Å². The van der Waals surface area contributed by atoms with E-state index in [2.05, 4.69) is 4.98 Å². The monoisotopic (exact) mass is 266 g/mol. The number of hydrogen-bond acceptors (Lipinski definition) is 3. The first-order valence-electron chi connectivity index (χ1n) is 5.80. The molecule has 2 rings (SSSR count). The van der Waals surface area contributed by atoms with Crippen molar-refractivity contribution in [2.75, 3.05) is 0 Å². The summed E-state index contributed by atoms with van der Waals surface area (Å²) in [5.41, 5.74) is -0.159. The molecule has 0 aliphatic rings. The molecule has 0 N–H and O–H groups in total. The summed E-state index contributed by atoms with van der Waals surface area (Å²) in [6.45, 7) is 6.20. The van der Waals surface area contributed by atoms with E-state index in [9.17, 15) is 4.79 Å². The average molecular weight is 267 g/mol. The molecule has 2 aromatic heterocycles. The Morgan fingerprint density at radius 3 is 2.72 bits per heavy atom. The minimum absolute atomic E-state index is 0.118.